The lowest BCUT2D eigenvalue weighted by atomic mass is 9.98. The first-order valence-corrected chi connectivity index (χ1v) is 6.88. The summed E-state index contributed by atoms with van der Waals surface area (Å²) in [5.41, 5.74) is 0. The second-order valence-corrected chi connectivity index (χ2v) is 5.57. The van der Waals surface area contributed by atoms with Gasteiger partial charge in [-0.1, -0.05) is 13.8 Å². The smallest absolute Gasteiger partial charge is 0.128 e. The van der Waals surface area contributed by atoms with E-state index < -0.39 is 6.17 Å². The van der Waals surface area contributed by atoms with Crippen molar-refractivity contribution in [3.63, 3.8) is 0 Å². The molecule has 0 aromatic heterocycles. The number of nitrogens with zero attached hydrogens (tertiary/aromatic N) is 1. The number of nitrogens with one attached hydrogen (secondary N) is 1. The van der Waals surface area contributed by atoms with Crippen molar-refractivity contribution in [2.24, 2.45) is 0 Å². The first-order valence-electron chi connectivity index (χ1n) is 6.88. The van der Waals surface area contributed by atoms with Gasteiger partial charge in [0.2, 0.25) is 0 Å². The fraction of sp³-hybridized carbons (Fsp3) is 1.00. The highest BCUT2D eigenvalue weighted by molar-refractivity contribution is 4.89. The van der Waals surface area contributed by atoms with Gasteiger partial charge in [-0.2, -0.15) is 0 Å². The molecule has 2 rings (SSSR count). The summed E-state index contributed by atoms with van der Waals surface area (Å²) in [6, 6.07) is 0.959. The number of piperidine rings is 1. The third-order valence-corrected chi connectivity index (χ3v) is 3.83. The zero-order valence-corrected chi connectivity index (χ0v) is 11.0. The molecule has 100 valence electrons. The Bertz CT molecular complexity index is 231. The summed E-state index contributed by atoms with van der Waals surface area (Å²) >= 11 is 0. The van der Waals surface area contributed by atoms with Crippen LogP contribution in [0.1, 0.15) is 33.1 Å². The lowest BCUT2D eigenvalue weighted by Gasteiger charge is -2.41. The summed E-state index contributed by atoms with van der Waals surface area (Å²) in [5, 5.41) is 3.33. The van der Waals surface area contributed by atoms with Gasteiger partial charge < -0.3 is 10.1 Å². The summed E-state index contributed by atoms with van der Waals surface area (Å²) < 4.78 is 19.4. The molecule has 0 saturated carbocycles. The summed E-state index contributed by atoms with van der Waals surface area (Å²) in [5.74, 6) is 0. The first-order chi connectivity index (χ1) is 8.16. The van der Waals surface area contributed by atoms with E-state index in [-0.39, 0.29) is 6.04 Å². The normalized spacial score (nSPS) is 33.2. The van der Waals surface area contributed by atoms with Crippen molar-refractivity contribution < 1.29 is 9.13 Å². The molecule has 0 amide bonds. The maximum atomic E-state index is 14.1. The van der Waals surface area contributed by atoms with Gasteiger partial charge in [0.1, 0.15) is 6.17 Å². The van der Waals surface area contributed by atoms with Crippen molar-refractivity contribution in [2.75, 3.05) is 26.3 Å². The van der Waals surface area contributed by atoms with Crippen LogP contribution < -0.4 is 5.32 Å². The molecule has 2 fully saturated rings. The van der Waals surface area contributed by atoms with Gasteiger partial charge in [0.15, 0.2) is 0 Å². The summed E-state index contributed by atoms with van der Waals surface area (Å²) in [7, 11) is 0. The SMILES string of the molecule is CC(C)N[C@@H]1CCN(C2CCOCC2)C[C@@H]1F. The van der Waals surface area contributed by atoms with Crippen molar-refractivity contribution in [1.29, 1.82) is 0 Å². The van der Waals surface area contributed by atoms with Crippen LogP contribution in [0.25, 0.3) is 0 Å². The molecular formula is C13H25FN2O. The maximum Gasteiger partial charge on any atom is 0.128 e. The second-order valence-electron chi connectivity index (χ2n) is 5.57. The molecule has 0 unspecified atom stereocenters. The Balaban J connectivity index is 1.81. The Morgan fingerprint density at radius 1 is 1.24 bits per heavy atom. The van der Waals surface area contributed by atoms with Crippen LogP contribution in [0.2, 0.25) is 0 Å². The molecule has 0 aromatic rings. The van der Waals surface area contributed by atoms with E-state index in [1.807, 2.05) is 0 Å². The fourth-order valence-corrected chi connectivity index (χ4v) is 2.93. The van der Waals surface area contributed by atoms with Crippen molar-refractivity contribution in [2.45, 2.75) is 57.4 Å². The van der Waals surface area contributed by atoms with Gasteiger partial charge in [0, 0.05) is 44.4 Å². The average Bonchev–Trinajstić information content (AvgIpc) is 2.32. The van der Waals surface area contributed by atoms with Crippen molar-refractivity contribution in [1.82, 2.24) is 10.2 Å². The van der Waals surface area contributed by atoms with Crippen molar-refractivity contribution >= 4 is 0 Å². The highest BCUT2D eigenvalue weighted by Gasteiger charge is 2.33. The van der Waals surface area contributed by atoms with Gasteiger partial charge in [0.25, 0.3) is 0 Å². The Morgan fingerprint density at radius 2 is 1.94 bits per heavy atom. The molecule has 2 aliphatic heterocycles. The largest absolute Gasteiger partial charge is 0.381 e. The summed E-state index contributed by atoms with van der Waals surface area (Å²) in [6.07, 6.45) is 2.33. The van der Waals surface area contributed by atoms with E-state index in [9.17, 15) is 4.39 Å². The molecule has 0 aliphatic carbocycles. The minimum absolute atomic E-state index is 0.0473. The van der Waals surface area contributed by atoms with E-state index in [2.05, 4.69) is 24.1 Å². The lowest BCUT2D eigenvalue weighted by Crippen LogP contribution is -2.55. The zero-order chi connectivity index (χ0) is 12.3. The number of hydrogen-bond acceptors (Lipinski definition) is 3. The molecule has 0 radical (unpaired) electrons. The first kappa shape index (κ1) is 13.2. The number of ether oxygens (including phenoxy) is 1. The molecule has 2 saturated heterocycles. The number of likely N-dealkylation sites (tertiary alicyclic amines) is 1. The quantitative estimate of drug-likeness (QED) is 0.815. The van der Waals surface area contributed by atoms with Crippen LogP contribution in [0, 0.1) is 0 Å². The monoisotopic (exact) mass is 244 g/mol. The zero-order valence-electron chi connectivity index (χ0n) is 11.0. The third-order valence-electron chi connectivity index (χ3n) is 3.83. The summed E-state index contributed by atoms with van der Waals surface area (Å²) in [4.78, 5) is 2.33. The Morgan fingerprint density at radius 3 is 2.53 bits per heavy atom. The van der Waals surface area contributed by atoms with Gasteiger partial charge in [-0.15, -0.1) is 0 Å². The van der Waals surface area contributed by atoms with E-state index in [0.717, 1.165) is 39.0 Å². The van der Waals surface area contributed by atoms with E-state index in [1.54, 1.807) is 0 Å². The van der Waals surface area contributed by atoms with E-state index in [1.165, 1.54) is 0 Å². The van der Waals surface area contributed by atoms with Crippen LogP contribution in [0.4, 0.5) is 4.39 Å². The molecule has 4 heteroatoms. The number of hydrogen-bond donors (Lipinski definition) is 1. The van der Waals surface area contributed by atoms with E-state index in [4.69, 9.17) is 4.74 Å². The highest BCUT2D eigenvalue weighted by atomic mass is 19.1. The van der Waals surface area contributed by atoms with Crippen LogP contribution in [0.15, 0.2) is 0 Å². The van der Waals surface area contributed by atoms with Crippen molar-refractivity contribution in [3.05, 3.63) is 0 Å². The van der Waals surface area contributed by atoms with Crippen LogP contribution in [0.3, 0.4) is 0 Å². The van der Waals surface area contributed by atoms with E-state index >= 15 is 0 Å². The Hall–Kier alpha value is -0.190. The molecule has 0 bridgehead atoms. The molecule has 0 spiro atoms. The minimum Gasteiger partial charge on any atom is -0.381 e. The molecular weight excluding hydrogens is 219 g/mol. The Kier molecular flexibility index (Phi) is 4.77. The fourth-order valence-electron chi connectivity index (χ4n) is 2.93. The van der Waals surface area contributed by atoms with Crippen LogP contribution in [0.5, 0.6) is 0 Å². The van der Waals surface area contributed by atoms with Gasteiger partial charge in [-0.3, -0.25) is 4.90 Å². The maximum absolute atomic E-state index is 14.1. The molecule has 0 aromatic carbocycles. The summed E-state index contributed by atoms with van der Waals surface area (Å²) in [6.45, 7) is 7.46. The predicted molar refractivity (Wildman–Crippen MR) is 67.0 cm³/mol. The lowest BCUT2D eigenvalue weighted by molar-refractivity contribution is 0.00406. The van der Waals surface area contributed by atoms with Gasteiger partial charge in [-0.05, 0) is 19.3 Å². The molecule has 3 nitrogen and oxygen atoms in total. The Labute approximate surface area is 104 Å². The molecule has 2 heterocycles. The molecule has 17 heavy (non-hydrogen) atoms. The standard InChI is InChI=1S/C13H25FN2O/c1-10(2)15-13-3-6-16(9-12(13)14)11-4-7-17-8-5-11/h10-13,15H,3-9H2,1-2H3/t12-,13+/m0/s1. The predicted octanol–water partition coefficient (Wildman–Crippen LogP) is 1.58. The number of halogens is 1. The van der Waals surface area contributed by atoms with E-state index in [0.29, 0.717) is 18.6 Å². The molecule has 2 aliphatic rings. The topological polar surface area (TPSA) is 24.5 Å². The molecule has 1 N–H and O–H groups in total. The van der Waals surface area contributed by atoms with Gasteiger partial charge in [-0.25, -0.2) is 4.39 Å². The third kappa shape index (κ3) is 3.63. The molecule has 2 atom stereocenters. The van der Waals surface area contributed by atoms with Crippen LogP contribution >= 0.6 is 0 Å². The average molecular weight is 244 g/mol. The van der Waals surface area contributed by atoms with Crippen LogP contribution in [-0.4, -0.2) is 55.5 Å². The number of rotatable bonds is 3. The van der Waals surface area contributed by atoms with Crippen LogP contribution in [-0.2, 0) is 4.74 Å². The minimum atomic E-state index is -0.728. The van der Waals surface area contributed by atoms with Gasteiger partial charge in [0.05, 0.1) is 0 Å². The number of alkyl halides is 1. The highest BCUT2D eigenvalue weighted by Crippen LogP contribution is 2.21. The second kappa shape index (κ2) is 6.12. The van der Waals surface area contributed by atoms with Crippen molar-refractivity contribution in [3.8, 4) is 0 Å². The van der Waals surface area contributed by atoms with Gasteiger partial charge >= 0.3 is 0 Å².